The number of halogens is 1. The van der Waals surface area contributed by atoms with Gasteiger partial charge in [-0.25, -0.2) is 4.39 Å². The Morgan fingerprint density at radius 3 is 2.48 bits per heavy atom. The van der Waals surface area contributed by atoms with Crippen LogP contribution in [0.25, 0.3) is 0 Å². The zero-order chi connectivity index (χ0) is 16.8. The van der Waals surface area contributed by atoms with Gasteiger partial charge in [0.05, 0.1) is 12.5 Å². The third kappa shape index (κ3) is 5.09. The van der Waals surface area contributed by atoms with Gasteiger partial charge in [0.25, 0.3) is 0 Å². The summed E-state index contributed by atoms with van der Waals surface area (Å²) in [5.41, 5.74) is 2.75. The average molecular weight is 316 g/mol. The third-order valence-electron chi connectivity index (χ3n) is 3.65. The number of rotatable bonds is 7. The minimum absolute atomic E-state index is 0.406. The number of carbonyl (C=O) groups is 1. The second kappa shape index (κ2) is 7.77. The summed E-state index contributed by atoms with van der Waals surface area (Å²) in [6.07, 6.45) is 0.990. The van der Waals surface area contributed by atoms with Gasteiger partial charge in [-0.2, -0.15) is 0 Å². The largest absolute Gasteiger partial charge is 0.494 e. The maximum atomic E-state index is 13.3. The van der Waals surface area contributed by atoms with Crippen molar-refractivity contribution in [3.8, 4) is 5.75 Å². The Labute approximate surface area is 135 Å². The predicted octanol–water partition coefficient (Wildman–Crippen LogP) is 4.47. The van der Waals surface area contributed by atoms with E-state index in [0.29, 0.717) is 25.0 Å². The number of ether oxygens (including phenoxy) is 1. The first-order chi connectivity index (χ1) is 11.0. The summed E-state index contributed by atoms with van der Waals surface area (Å²) >= 11 is 0. The van der Waals surface area contributed by atoms with Crippen LogP contribution >= 0.6 is 0 Å². The molecule has 0 fully saturated rings. The molecule has 0 bridgehead atoms. The lowest BCUT2D eigenvalue weighted by molar-refractivity contribution is -0.139. The molecule has 122 valence electrons. The molecule has 0 spiro atoms. The maximum Gasteiger partial charge on any atom is 0.310 e. The molecule has 2 rings (SSSR count). The van der Waals surface area contributed by atoms with Crippen molar-refractivity contribution in [2.75, 3.05) is 6.61 Å². The molecular formula is C19H21FO3. The molecule has 0 radical (unpaired) electrons. The number of aryl methyl sites for hydroxylation is 2. The number of hydrogen-bond acceptors (Lipinski definition) is 2. The van der Waals surface area contributed by atoms with Crippen molar-refractivity contribution in [1.29, 1.82) is 0 Å². The number of aliphatic carboxylic acids is 1. The summed E-state index contributed by atoms with van der Waals surface area (Å²) in [4.78, 5) is 11.4. The molecule has 0 heterocycles. The Bertz CT molecular complexity index is 662. The summed E-state index contributed by atoms with van der Waals surface area (Å²) in [5.74, 6) is -1.28. The predicted molar refractivity (Wildman–Crippen MR) is 87.4 cm³/mol. The van der Waals surface area contributed by atoms with Crippen LogP contribution in [0.3, 0.4) is 0 Å². The van der Waals surface area contributed by atoms with E-state index >= 15 is 0 Å². The molecule has 1 N–H and O–H groups in total. The summed E-state index contributed by atoms with van der Waals surface area (Å²) in [6, 6.07) is 11.7. The fourth-order valence-corrected chi connectivity index (χ4v) is 2.65. The van der Waals surface area contributed by atoms with Crippen LogP contribution in [0, 0.1) is 19.7 Å². The van der Waals surface area contributed by atoms with E-state index in [2.05, 4.69) is 6.07 Å². The lowest BCUT2D eigenvalue weighted by atomic mass is 9.94. The lowest BCUT2D eigenvalue weighted by Gasteiger charge is -2.13. The van der Waals surface area contributed by atoms with Crippen molar-refractivity contribution in [2.24, 2.45) is 0 Å². The van der Waals surface area contributed by atoms with Crippen molar-refractivity contribution >= 4 is 5.97 Å². The highest BCUT2D eigenvalue weighted by Crippen LogP contribution is 2.23. The average Bonchev–Trinajstić information content (AvgIpc) is 2.45. The molecule has 3 nitrogen and oxygen atoms in total. The van der Waals surface area contributed by atoms with E-state index in [9.17, 15) is 14.3 Å². The van der Waals surface area contributed by atoms with Gasteiger partial charge in [-0.15, -0.1) is 0 Å². The van der Waals surface area contributed by atoms with Crippen LogP contribution < -0.4 is 4.74 Å². The maximum absolute atomic E-state index is 13.3. The van der Waals surface area contributed by atoms with Crippen LogP contribution in [0.4, 0.5) is 4.39 Å². The van der Waals surface area contributed by atoms with E-state index in [0.717, 1.165) is 16.9 Å². The van der Waals surface area contributed by atoms with Crippen LogP contribution in [0.1, 0.15) is 35.4 Å². The number of benzene rings is 2. The third-order valence-corrected chi connectivity index (χ3v) is 3.65. The fraction of sp³-hybridized carbons (Fsp3) is 0.316. The highest BCUT2D eigenvalue weighted by molar-refractivity contribution is 5.76. The van der Waals surface area contributed by atoms with Gasteiger partial charge >= 0.3 is 5.97 Å². The molecule has 0 aliphatic carbocycles. The monoisotopic (exact) mass is 316 g/mol. The molecule has 0 aromatic heterocycles. The SMILES string of the molecule is Cc1cc(C)cc(OCCCC(C(=O)O)c2cccc(F)c2)c1. The molecule has 23 heavy (non-hydrogen) atoms. The molecule has 0 aliphatic rings. The Morgan fingerprint density at radius 2 is 1.87 bits per heavy atom. The minimum atomic E-state index is -0.943. The highest BCUT2D eigenvalue weighted by Gasteiger charge is 2.19. The van der Waals surface area contributed by atoms with Gasteiger partial charge in [-0.05, 0) is 67.6 Å². The van der Waals surface area contributed by atoms with Gasteiger partial charge in [-0.3, -0.25) is 4.79 Å². The first-order valence-corrected chi connectivity index (χ1v) is 7.65. The molecule has 0 amide bonds. The molecule has 0 saturated carbocycles. The van der Waals surface area contributed by atoms with Crippen LogP contribution in [0.2, 0.25) is 0 Å². The van der Waals surface area contributed by atoms with E-state index < -0.39 is 17.7 Å². The molecule has 1 atom stereocenters. The van der Waals surface area contributed by atoms with Crippen molar-refractivity contribution in [3.05, 3.63) is 65.0 Å². The van der Waals surface area contributed by atoms with Gasteiger partial charge in [0.1, 0.15) is 11.6 Å². The molecule has 0 saturated heterocycles. The van der Waals surface area contributed by atoms with Crippen LogP contribution in [0.5, 0.6) is 5.75 Å². The highest BCUT2D eigenvalue weighted by atomic mass is 19.1. The number of carboxylic acid groups (broad SMARTS) is 1. The Hall–Kier alpha value is -2.36. The summed E-state index contributed by atoms with van der Waals surface area (Å²) in [7, 11) is 0. The topological polar surface area (TPSA) is 46.5 Å². The molecule has 2 aromatic rings. The standard InChI is InChI=1S/C19H21FO3/c1-13-9-14(2)11-17(10-13)23-8-4-7-18(19(21)22)15-5-3-6-16(20)12-15/h3,5-6,9-12,18H,4,7-8H2,1-2H3,(H,21,22). The van der Waals surface area contributed by atoms with Crippen LogP contribution in [-0.2, 0) is 4.79 Å². The second-order valence-electron chi connectivity index (χ2n) is 5.76. The second-order valence-corrected chi connectivity index (χ2v) is 5.76. The molecule has 4 heteroatoms. The summed E-state index contributed by atoms with van der Waals surface area (Å²) < 4.78 is 18.9. The zero-order valence-electron chi connectivity index (χ0n) is 13.4. The number of carboxylic acids is 1. The normalized spacial score (nSPS) is 12.0. The minimum Gasteiger partial charge on any atom is -0.494 e. The van der Waals surface area contributed by atoms with Crippen molar-refractivity contribution in [3.63, 3.8) is 0 Å². The van der Waals surface area contributed by atoms with E-state index in [1.807, 2.05) is 26.0 Å². The van der Waals surface area contributed by atoms with Crippen LogP contribution in [-0.4, -0.2) is 17.7 Å². The molecule has 0 aliphatic heterocycles. The number of hydrogen-bond donors (Lipinski definition) is 1. The first-order valence-electron chi connectivity index (χ1n) is 7.65. The van der Waals surface area contributed by atoms with Gasteiger partial charge in [0.15, 0.2) is 0 Å². The summed E-state index contributed by atoms with van der Waals surface area (Å²) in [5, 5.41) is 9.34. The lowest BCUT2D eigenvalue weighted by Crippen LogP contribution is -2.13. The molecule has 2 aromatic carbocycles. The van der Waals surface area contributed by atoms with Crippen molar-refractivity contribution < 1.29 is 19.0 Å². The van der Waals surface area contributed by atoms with Gasteiger partial charge in [-0.1, -0.05) is 18.2 Å². The van der Waals surface area contributed by atoms with Crippen LogP contribution in [0.15, 0.2) is 42.5 Å². The smallest absolute Gasteiger partial charge is 0.310 e. The fourth-order valence-electron chi connectivity index (χ4n) is 2.65. The molecular weight excluding hydrogens is 295 g/mol. The Kier molecular flexibility index (Phi) is 5.74. The summed E-state index contributed by atoms with van der Waals surface area (Å²) in [6.45, 7) is 4.44. The Morgan fingerprint density at radius 1 is 1.17 bits per heavy atom. The van der Waals surface area contributed by atoms with Gasteiger partial charge < -0.3 is 9.84 Å². The van der Waals surface area contributed by atoms with E-state index in [-0.39, 0.29) is 0 Å². The Balaban J connectivity index is 1.91. The quantitative estimate of drug-likeness (QED) is 0.767. The van der Waals surface area contributed by atoms with E-state index in [1.165, 1.54) is 18.2 Å². The zero-order valence-corrected chi connectivity index (χ0v) is 13.4. The van der Waals surface area contributed by atoms with E-state index in [1.54, 1.807) is 6.07 Å². The van der Waals surface area contributed by atoms with Crippen molar-refractivity contribution in [2.45, 2.75) is 32.6 Å². The van der Waals surface area contributed by atoms with Gasteiger partial charge in [0.2, 0.25) is 0 Å². The molecule has 1 unspecified atom stereocenters. The van der Waals surface area contributed by atoms with Gasteiger partial charge in [0, 0.05) is 0 Å². The van der Waals surface area contributed by atoms with E-state index in [4.69, 9.17) is 4.74 Å². The van der Waals surface area contributed by atoms with Crippen molar-refractivity contribution in [1.82, 2.24) is 0 Å². The first kappa shape index (κ1) is 17.0.